The molecule has 1 heterocycles. The van der Waals surface area contributed by atoms with Crippen molar-refractivity contribution in [3.63, 3.8) is 0 Å². The summed E-state index contributed by atoms with van der Waals surface area (Å²) in [5, 5.41) is 5.24. The number of methoxy groups -OCH3 is 1. The number of thiophene rings is 1. The molecule has 2 aromatic rings. The smallest absolute Gasteiger partial charge is 0.193 e. The molecule has 0 unspecified atom stereocenters. The van der Waals surface area contributed by atoms with Gasteiger partial charge in [0, 0.05) is 23.2 Å². The number of hydrogen-bond donors (Lipinski definition) is 2. The number of rotatable bonds is 5. The van der Waals surface area contributed by atoms with Crippen molar-refractivity contribution < 1.29 is 4.74 Å². The molecule has 0 spiro atoms. The van der Waals surface area contributed by atoms with E-state index in [0.29, 0.717) is 19.1 Å². The first kappa shape index (κ1) is 14.6. The minimum Gasteiger partial charge on any atom is -0.380 e. The molecule has 0 aliphatic heterocycles. The van der Waals surface area contributed by atoms with Gasteiger partial charge in [-0.25, -0.2) is 4.99 Å². The molecule has 2 rings (SSSR count). The van der Waals surface area contributed by atoms with Gasteiger partial charge in [-0.05, 0) is 30.0 Å². The number of nitrogens with zero attached hydrogens (tertiary/aromatic N) is 1. The molecule has 4 nitrogen and oxygen atoms in total. The summed E-state index contributed by atoms with van der Waals surface area (Å²) in [4.78, 5) is 5.56. The standard InChI is InChI=1S/C15H19N3OS/c1-11-7-13(20-10-11)8-17-15(16)18-14-6-4-3-5-12(14)9-19-2/h3-7,10H,8-9H2,1-2H3,(H3,16,17,18). The first-order valence-electron chi connectivity index (χ1n) is 6.37. The summed E-state index contributed by atoms with van der Waals surface area (Å²) in [5.74, 6) is 0.416. The zero-order valence-corrected chi connectivity index (χ0v) is 12.5. The maximum absolute atomic E-state index is 5.93. The number of para-hydroxylation sites is 1. The number of aryl methyl sites for hydroxylation is 1. The topological polar surface area (TPSA) is 59.6 Å². The van der Waals surface area contributed by atoms with Crippen molar-refractivity contribution in [1.82, 2.24) is 0 Å². The van der Waals surface area contributed by atoms with Crippen molar-refractivity contribution in [2.45, 2.75) is 20.1 Å². The van der Waals surface area contributed by atoms with Gasteiger partial charge in [-0.2, -0.15) is 0 Å². The van der Waals surface area contributed by atoms with Crippen LogP contribution >= 0.6 is 11.3 Å². The highest BCUT2D eigenvalue weighted by Gasteiger charge is 2.02. The lowest BCUT2D eigenvalue weighted by atomic mass is 10.2. The van der Waals surface area contributed by atoms with Crippen molar-refractivity contribution >= 4 is 23.0 Å². The van der Waals surface area contributed by atoms with Gasteiger partial charge < -0.3 is 15.8 Å². The van der Waals surface area contributed by atoms with Gasteiger partial charge in [0.2, 0.25) is 0 Å². The zero-order valence-electron chi connectivity index (χ0n) is 11.7. The van der Waals surface area contributed by atoms with Crippen LogP contribution in [0.1, 0.15) is 16.0 Å². The van der Waals surface area contributed by atoms with E-state index in [-0.39, 0.29) is 0 Å². The Morgan fingerprint density at radius 2 is 2.20 bits per heavy atom. The Morgan fingerprint density at radius 3 is 2.90 bits per heavy atom. The summed E-state index contributed by atoms with van der Waals surface area (Å²) < 4.78 is 5.16. The molecule has 3 N–H and O–H groups in total. The molecule has 0 atom stereocenters. The number of nitrogens with one attached hydrogen (secondary N) is 1. The molecule has 106 valence electrons. The summed E-state index contributed by atoms with van der Waals surface area (Å²) >= 11 is 1.70. The van der Waals surface area contributed by atoms with E-state index in [2.05, 4.69) is 28.7 Å². The molecule has 1 aromatic carbocycles. The fourth-order valence-electron chi connectivity index (χ4n) is 1.84. The van der Waals surface area contributed by atoms with Crippen molar-refractivity contribution in [1.29, 1.82) is 0 Å². The largest absolute Gasteiger partial charge is 0.380 e. The van der Waals surface area contributed by atoms with Crippen LogP contribution in [0.3, 0.4) is 0 Å². The summed E-state index contributed by atoms with van der Waals surface area (Å²) in [7, 11) is 1.67. The summed E-state index contributed by atoms with van der Waals surface area (Å²) in [6.07, 6.45) is 0. The van der Waals surface area contributed by atoms with E-state index < -0.39 is 0 Å². The summed E-state index contributed by atoms with van der Waals surface area (Å²) in [6, 6.07) is 10.0. The SMILES string of the molecule is COCc1ccccc1NC(N)=NCc1cc(C)cs1. The Labute approximate surface area is 123 Å². The van der Waals surface area contributed by atoms with Crippen molar-refractivity contribution in [2.75, 3.05) is 12.4 Å². The average molecular weight is 289 g/mol. The van der Waals surface area contributed by atoms with Gasteiger partial charge >= 0.3 is 0 Å². The van der Waals surface area contributed by atoms with E-state index >= 15 is 0 Å². The number of benzene rings is 1. The van der Waals surface area contributed by atoms with Crippen LogP contribution in [0, 0.1) is 6.92 Å². The van der Waals surface area contributed by atoms with Crippen LogP contribution in [0.4, 0.5) is 5.69 Å². The third-order valence-corrected chi connectivity index (χ3v) is 3.81. The quantitative estimate of drug-likeness (QED) is 0.656. The number of anilines is 1. The molecular formula is C15H19N3OS. The van der Waals surface area contributed by atoms with E-state index in [1.54, 1.807) is 18.4 Å². The molecular weight excluding hydrogens is 270 g/mol. The second kappa shape index (κ2) is 7.07. The fraction of sp³-hybridized carbons (Fsp3) is 0.267. The van der Waals surface area contributed by atoms with Gasteiger partial charge in [-0.15, -0.1) is 11.3 Å². The lowest BCUT2D eigenvalue weighted by Crippen LogP contribution is -2.23. The second-order valence-electron chi connectivity index (χ2n) is 4.51. The molecule has 0 aliphatic carbocycles. The predicted octanol–water partition coefficient (Wildman–Crippen LogP) is 3.13. The Kier molecular flexibility index (Phi) is 5.15. The summed E-state index contributed by atoms with van der Waals surface area (Å²) in [6.45, 7) is 3.22. The Balaban J connectivity index is 2.01. The second-order valence-corrected chi connectivity index (χ2v) is 5.50. The molecule has 0 bridgehead atoms. The van der Waals surface area contributed by atoms with Gasteiger partial charge in [0.15, 0.2) is 5.96 Å². The monoisotopic (exact) mass is 289 g/mol. The summed E-state index contributed by atoms with van der Waals surface area (Å²) in [5.41, 5.74) is 9.17. The lowest BCUT2D eigenvalue weighted by Gasteiger charge is -2.10. The normalized spacial score (nSPS) is 11.6. The maximum atomic E-state index is 5.93. The molecule has 5 heteroatoms. The van der Waals surface area contributed by atoms with E-state index in [1.165, 1.54) is 10.4 Å². The minimum absolute atomic E-state index is 0.416. The van der Waals surface area contributed by atoms with Crippen LogP contribution in [0.25, 0.3) is 0 Å². The van der Waals surface area contributed by atoms with Gasteiger partial charge in [0.1, 0.15) is 0 Å². The Hall–Kier alpha value is -1.85. The molecule has 0 aliphatic rings. The predicted molar refractivity (Wildman–Crippen MR) is 85.2 cm³/mol. The number of aliphatic imine (C=N–C) groups is 1. The number of hydrogen-bond acceptors (Lipinski definition) is 3. The van der Waals surface area contributed by atoms with Gasteiger partial charge in [-0.3, -0.25) is 0 Å². The van der Waals surface area contributed by atoms with Crippen LogP contribution in [-0.4, -0.2) is 13.1 Å². The highest BCUT2D eigenvalue weighted by atomic mass is 32.1. The highest BCUT2D eigenvalue weighted by molar-refractivity contribution is 7.10. The average Bonchev–Trinajstić information content (AvgIpc) is 2.85. The molecule has 1 aromatic heterocycles. The van der Waals surface area contributed by atoms with Crippen LogP contribution < -0.4 is 11.1 Å². The number of ether oxygens (including phenoxy) is 1. The first-order valence-corrected chi connectivity index (χ1v) is 7.25. The van der Waals surface area contributed by atoms with Gasteiger partial charge in [0.25, 0.3) is 0 Å². The Morgan fingerprint density at radius 1 is 1.40 bits per heavy atom. The van der Waals surface area contributed by atoms with Crippen molar-refractivity contribution in [3.05, 3.63) is 51.7 Å². The van der Waals surface area contributed by atoms with E-state index in [1.807, 2.05) is 24.3 Å². The van der Waals surface area contributed by atoms with Gasteiger partial charge in [-0.1, -0.05) is 18.2 Å². The molecule has 0 saturated carbocycles. The van der Waals surface area contributed by atoms with Crippen LogP contribution in [0.5, 0.6) is 0 Å². The number of guanidine groups is 1. The van der Waals surface area contributed by atoms with Crippen LogP contribution in [0.2, 0.25) is 0 Å². The van der Waals surface area contributed by atoms with Crippen molar-refractivity contribution in [3.8, 4) is 0 Å². The first-order chi connectivity index (χ1) is 9.69. The van der Waals surface area contributed by atoms with Gasteiger partial charge in [0.05, 0.1) is 13.2 Å². The van der Waals surface area contributed by atoms with Crippen LogP contribution in [-0.2, 0) is 17.9 Å². The third kappa shape index (κ3) is 4.08. The number of nitrogens with two attached hydrogens (primary N) is 1. The lowest BCUT2D eigenvalue weighted by molar-refractivity contribution is 0.185. The van der Waals surface area contributed by atoms with Crippen molar-refractivity contribution in [2.24, 2.45) is 10.7 Å². The third-order valence-electron chi connectivity index (χ3n) is 2.77. The minimum atomic E-state index is 0.416. The highest BCUT2D eigenvalue weighted by Crippen LogP contribution is 2.16. The Bertz CT molecular complexity index is 592. The van der Waals surface area contributed by atoms with E-state index in [0.717, 1.165) is 11.3 Å². The maximum Gasteiger partial charge on any atom is 0.193 e. The van der Waals surface area contributed by atoms with E-state index in [4.69, 9.17) is 10.5 Å². The molecule has 0 saturated heterocycles. The molecule has 0 radical (unpaired) electrons. The zero-order chi connectivity index (χ0) is 14.4. The fourth-order valence-corrected chi connectivity index (χ4v) is 2.64. The molecule has 0 amide bonds. The van der Waals surface area contributed by atoms with E-state index in [9.17, 15) is 0 Å². The van der Waals surface area contributed by atoms with Crippen LogP contribution in [0.15, 0.2) is 40.7 Å². The molecule has 20 heavy (non-hydrogen) atoms. The molecule has 0 fully saturated rings.